The summed E-state index contributed by atoms with van der Waals surface area (Å²) in [6.45, 7) is 4.31. The Labute approximate surface area is 256 Å². The van der Waals surface area contributed by atoms with Gasteiger partial charge in [0.1, 0.15) is 0 Å². The summed E-state index contributed by atoms with van der Waals surface area (Å²) in [6.07, 6.45) is 40.8. The van der Waals surface area contributed by atoms with E-state index < -0.39 is 12.1 Å². The first kappa shape index (κ1) is 39.9. The SMILES string of the molecule is CCCCC/C=C\C/C=C\CCCCCCCC(=O)NC(CO)C(O)CCCCCCCCCCCCCCCC. The summed E-state index contributed by atoms with van der Waals surface area (Å²) < 4.78 is 0. The number of carbonyl (C=O) groups excluding carboxylic acids is 1. The quantitative estimate of drug-likeness (QED) is 0.0550. The molecule has 0 saturated carbocycles. The highest BCUT2D eigenvalue weighted by Crippen LogP contribution is 2.15. The zero-order chi connectivity index (χ0) is 30.1. The predicted molar refractivity (Wildman–Crippen MR) is 179 cm³/mol. The lowest BCUT2D eigenvalue weighted by Crippen LogP contribution is -2.45. The molecule has 0 radical (unpaired) electrons. The first-order chi connectivity index (χ1) is 20.2. The van der Waals surface area contributed by atoms with E-state index in [0.717, 1.165) is 44.9 Å². The summed E-state index contributed by atoms with van der Waals surface area (Å²) in [5.41, 5.74) is 0. The fourth-order valence-electron chi connectivity index (χ4n) is 5.39. The number of nitrogens with one attached hydrogen (secondary N) is 1. The number of hydrogen-bond donors (Lipinski definition) is 3. The van der Waals surface area contributed by atoms with Crippen molar-refractivity contribution in [2.45, 2.75) is 199 Å². The van der Waals surface area contributed by atoms with Gasteiger partial charge in [0, 0.05) is 6.42 Å². The van der Waals surface area contributed by atoms with Crippen molar-refractivity contribution >= 4 is 5.91 Å². The van der Waals surface area contributed by atoms with Crippen LogP contribution in [0.3, 0.4) is 0 Å². The van der Waals surface area contributed by atoms with Gasteiger partial charge >= 0.3 is 0 Å². The van der Waals surface area contributed by atoms with E-state index in [2.05, 4.69) is 43.5 Å². The summed E-state index contributed by atoms with van der Waals surface area (Å²) >= 11 is 0. The molecule has 1 amide bonds. The van der Waals surface area contributed by atoms with Gasteiger partial charge in [0.25, 0.3) is 0 Å². The smallest absolute Gasteiger partial charge is 0.220 e. The van der Waals surface area contributed by atoms with Gasteiger partial charge in [0.15, 0.2) is 0 Å². The Balaban J connectivity index is 3.60. The molecule has 0 heterocycles. The monoisotopic (exact) mass is 578 g/mol. The molecule has 0 aliphatic carbocycles. The van der Waals surface area contributed by atoms with Gasteiger partial charge in [-0.05, 0) is 44.9 Å². The molecular formula is C37H71NO3. The zero-order valence-corrected chi connectivity index (χ0v) is 27.6. The number of unbranched alkanes of at least 4 members (excludes halogenated alkanes) is 21. The molecule has 0 spiro atoms. The first-order valence-corrected chi connectivity index (χ1v) is 18.0. The van der Waals surface area contributed by atoms with Crippen molar-refractivity contribution in [3.63, 3.8) is 0 Å². The van der Waals surface area contributed by atoms with Crippen molar-refractivity contribution in [1.82, 2.24) is 5.32 Å². The molecule has 2 unspecified atom stereocenters. The average Bonchev–Trinajstić information content (AvgIpc) is 2.97. The molecular weight excluding hydrogens is 506 g/mol. The van der Waals surface area contributed by atoms with Crippen LogP contribution < -0.4 is 5.32 Å². The minimum Gasteiger partial charge on any atom is -0.394 e. The predicted octanol–water partition coefficient (Wildman–Crippen LogP) is 10.5. The number of aliphatic hydroxyl groups is 2. The molecule has 0 aromatic carbocycles. The third-order valence-corrected chi connectivity index (χ3v) is 8.22. The highest BCUT2D eigenvalue weighted by atomic mass is 16.3. The molecule has 3 N–H and O–H groups in total. The van der Waals surface area contributed by atoms with Crippen molar-refractivity contribution in [2.24, 2.45) is 0 Å². The van der Waals surface area contributed by atoms with Crippen LogP contribution in [0.5, 0.6) is 0 Å². The van der Waals surface area contributed by atoms with Crippen molar-refractivity contribution in [2.75, 3.05) is 6.61 Å². The van der Waals surface area contributed by atoms with E-state index in [1.54, 1.807) is 0 Å². The molecule has 2 atom stereocenters. The molecule has 0 bridgehead atoms. The van der Waals surface area contributed by atoms with Gasteiger partial charge in [-0.25, -0.2) is 0 Å². The number of hydrogen-bond acceptors (Lipinski definition) is 3. The van der Waals surface area contributed by atoms with Crippen LogP contribution in [0.15, 0.2) is 24.3 Å². The molecule has 41 heavy (non-hydrogen) atoms. The Kier molecular flexibility index (Phi) is 32.5. The third kappa shape index (κ3) is 30.1. The Bertz CT molecular complexity index is 589. The van der Waals surface area contributed by atoms with Crippen molar-refractivity contribution in [1.29, 1.82) is 0 Å². The minimum absolute atomic E-state index is 0.0465. The van der Waals surface area contributed by atoms with Gasteiger partial charge < -0.3 is 15.5 Å². The second-order valence-corrected chi connectivity index (χ2v) is 12.3. The lowest BCUT2D eigenvalue weighted by molar-refractivity contribution is -0.123. The maximum atomic E-state index is 12.3. The zero-order valence-electron chi connectivity index (χ0n) is 27.6. The standard InChI is InChI=1S/C37H71NO3/c1-3-5-7-9-11-13-15-17-19-21-23-25-27-29-31-33-37(41)38-35(34-39)36(40)32-30-28-26-24-22-20-18-16-14-12-10-8-6-4-2/h11,13,17,19,35-36,39-40H,3-10,12,14-16,18,20-34H2,1-2H3,(H,38,41)/b13-11-,19-17-. The van der Waals surface area contributed by atoms with E-state index in [-0.39, 0.29) is 12.5 Å². The van der Waals surface area contributed by atoms with Crippen molar-refractivity contribution in [3.05, 3.63) is 24.3 Å². The molecule has 0 aromatic rings. The summed E-state index contributed by atoms with van der Waals surface area (Å²) in [5.74, 6) is -0.0465. The fraction of sp³-hybridized carbons (Fsp3) is 0.865. The van der Waals surface area contributed by atoms with Crippen LogP contribution in [0.1, 0.15) is 187 Å². The molecule has 4 heteroatoms. The van der Waals surface area contributed by atoms with Crippen LogP contribution >= 0.6 is 0 Å². The van der Waals surface area contributed by atoms with Crippen LogP contribution in [-0.4, -0.2) is 34.9 Å². The van der Waals surface area contributed by atoms with E-state index >= 15 is 0 Å². The Morgan fingerprint density at radius 2 is 1.00 bits per heavy atom. The van der Waals surface area contributed by atoms with Crippen LogP contribution in [0.2, 0.25) is 0 Å². The van der Waals surface area contributed by atoms with E-state index in [4.69, 9.17) is 0 Å². The maximum Gasteiger partial charge on any atom is 0.220 e. The van der Waals surface area contributed by atoms with Crippen LogP contribution in [0, 0.1) is 0 Å². The molecule has 0 aliphatic heterocycles. The highest BCUT2D eigenvalue weighted by Gasteiger charge is 2.19. The number of carbonyl (C=O) groups is 1. The minimum atomic E-state index is -0.661. The third-order valence-electron chi connectivity index (χ3n) is 8.22. The molecule has 0 fully saturated rings. The number of aliphatic hydroxyl groups excluding tert-OH is 2. The lowest BCUT2D eigenvalue weighted by atomic mass is 10.0. The van der Waals surface area contributed by atoms with E-state index in [0.29, 0.717) is 12.8 Å². The normalized spacial score (nSPS) is 13.4. The van der Waals surface area contributed by atoms with Crippen LogP contribution in [0.4, 0.5) is 0 Å². The summed E-state index contributed by atoms with van der Waals surface area (Å²) in [5, 5.41) is 23.0. The van der Waals surface area contributed by atoms with Gasteiger partial charge in [0.2, 0.25) is 5.91 Å². The molecule has 0 aliphatic rings. The topological polar surface area (TPSA) is 69.6 Å². The first-order valence-electron chi connectivity index (χ1n) is 18.0. The van der Waals surface area contributed by atoms with Gasteiger partial charge in [-0.15, -0.1) is 0 Å². The molecule has 4 nitrogen and oxygen atoms in total. The lowest BCUT2D eigenvalue weighted by Gasteiger charge is -2.22. The Morgan fingerprint density at radius 3 is 1.51 bits per heavy atom. The number of allylic oxidation sites excluding steroid dienone is 4. The van der Waals surface area contributed by atoms with Crippen molar-refractivity contribution in [3.8, 4) is 0 Å². The largest absolute Gasteiger partial charge is 0.394 e. The maximum absolute atomic E-state index is 12.3. The fourth-order valence-corrected chi connectivity index (χ4v) is 5.39. The summed E-state index contributed by atoms with van der Waals surface area (Å²) in [7, 11) is 0. The Hall–Kier alpha value is -1.13. The van der Waals surface area contributed by atoms with Gasteiger partial charge in [0.05, 0.1) is 18.8 Å². The van der Waals surface area contributed by atoms with E-state index in [1.807, 2.05) is 0 Å². The molecule has 0 saturated heterocycles. The van der Waals surface area contributed by atoms with Crippen LogP contribution in [0.25, 0.3) is 0 Å². The van der Waals surface area contributed by atoms with Crippen LogP contribution in [-0.2, 0) is 4.79 Å². The highest BCUT2D eigenvalue weighted by molar-refractivity contribution is 5.76. The molecule has 0 rings (SSSR count). The number of rotatable bonds is 32. The van der Waals surface area contributed by atoms with Gasteiger partial charge in [-0.2, -0.15) is 0 Å². The van der Waals surface area contributed by atoms with E-state index in [9.17, 15) is 15.0 Å². The van der Waals surface area contributed by atoms with Gasteiger partial charge in [-0.3, -0.25) is 4.79 Å². The second-order valence-electron chi connectivity index (χ2n) is 12.3. The molecule has 0 aromatic heterocycles. The average molecular weight is 578 g/mol. The number of amides is 1. The van der Waals surface area contributed by atoms with E-state index in [1.165, 1.54) is 116 Å². The van der Waals surface area contributed by atoms with Gasteiger partial charge in [-0.1, -0.05) is 160 Å². The molecule has 242 valence electrons. The van der Waals surface area contributed by atoms with Crippen molar-refractivity contribution < 1.29 is 15.0 Å². The summed E-state index contributed by atoms with van der Waals surface area (Å²) in [6, 6.07) is -0.539. The summed E-state index contributed by atoms with van der Waals surface area (Å²) in [4.78, 5) is 12.3. The second kappa shape index (κ2) is 33.4. The Morgan fingerprint density at radius 1 is 0.585 bits per heavy atom.